The quantitative estimate of drug-likeness (QED) is 0.0215. The summed E-state index contributed by atoms with van der Waals surface area (Å²) >= 11 is 0. The maximum atomic E-state index is 12.7. The first-order valence-electron chi connectivity index (χ1n) is 22.1. The SMILES string of the molecule is CCCCCCCCCC/C=C\CCCCCC(=O)OC[C@H](COP(=O)(O)OCC[N+](C)(C)C)OC(=O)CCCCC/C=C\CCCCCCCCCC. The van der Waals surface area contributed by atoms with Crippen LogP contribution in [-0.4, -0.2) is 74.9 Å². The first kappa shape index (κ1) is 52.5. The molecule has 0 aliphatic rings. The number of likely N-dealkylation sites (N-methyl/N-ethyl adjacent to an activating group) is 1. The van der Waals surface area contributed by atoms with Gasteiger partial charge >= 0.3 is 19.8 Å². The highest BCUT2D eigenvalue weighted by atomic mass is 31.2. The average Bonchev–Trinajstić information content (AvgIpc) is 3.12. The molecular weight excluding hydrogens is 701 g/mol. The number of carbonyl (C=O) groups excluding carboxylic acids is 2. The summed E-state index contributed by atoms with van der Waals surface area (Å²) in [5.41, 5.74) is 0. The third-order valence-corrected chi connectivity index (χ3v) is 10.4. The Balaban J connectivity index is 4.40. The van der Waals surface area contributed by atoms with Crippen molar-refractivity contribution in [2.24, 2.45) is 0 Å². The number of quaternary nitrogens is 1. The van der Waals surface area contributed by atoms with Crippen LogP contribution in [0, 0.1) is 0 Å². The maximum absolute atomic E-state index is 12.7. The van der Waals surface area contributed by atoms with E-state index in [9.17, 15) is 19.0 Å². The van der Waals surface area contributed by atoms with Crippen LogP contribution in [0.15, 0.2) is 24.3 Å². The van der Waals surface area contributed by atoms with Gasteiger partial charge in [-0.05, 0) is 64.2 Å². The molecule has 0 aromatic rings. The van der Waals surface area contributed by atoms with Crippen molar-refractivity contribution in [3.05, 3.63) is 24.3 Å². The Kier molecular flexibility index (Phi) is 36.1. The Bertz CT molecular complexity index is 980. The van der Waals surface area contributed by atoms with Gasteiger partial charge in [0.25, 0.3) is 0 Å². The van der Waals surface area contributed by atoms with Gasteiger partial charge in [-0.25, -0.2) is 4.57 Å². The molecule has 0 spiro atoms. The first-order chi connectivity index (χ1) is 26.0. The van der Waals surface area contributed by atoms with Gasteiger partial charge in [0.2, 0.25) is 0 Å². The molecule has 0 rings (SSSR count). The molecule has 1 unspecified atom stereocenters. The minimum atomic E-state index is -4.38. The van der Waals surface area contributed by atoms with Gasteiger partial charge in [0, 0.05) is 12.8 Å². The molecule has 0 bridgehead atoms. The molecule has 54 heavy (non-hydrogen) atoms. The number of phosphoric ester groups is 1. The second-order valence-corrected chi connectivity index (χ2v) is 17.5. The molecule has 0 saturated heterocycles. The molecule has 1 N–H and O–H groups in total. The molecular formula is C44H85NO8P+. The van der Waals surface area contributed by atoms with Crippen molar-refractivity contribution >= 4 is 19.8 Å². The molecule has 9 nitrogen and oxygen atoms in total. The van der Waals surface area contributed by atoms with E-state index in [1.807, 2.05) is 21.1 Å². The number of ether oxygens (including phenoxy) is 2. The fourth-order valence-corrected chi connectivity index (χ4v) is 6.69. The fraction of sp³-hybridized carbons (Fsp3) is 0.864. The van der Waals surface area contributed by atoms with E-state index in [0.29, 0.717) is 23.9 Å². The van der Waals surface area contributed by atoms with Crippen molar-refractivity contribution in [3.8, 4) is 0 Å². The van der Waals surface area contributed by atoms with Crippen molar-refractivity contribution in [3.63, 3.8) is 0 Å². The van der Waals surface area contributed by atoms with Crippen LogP contribution >= 0.6 is 7.82 Å². The topological polar surface area (TPSA) is 108 Å². The molecule has 318 valence electrons. The van der Waals surface area contributed by atoms with Gasteiger partial charge in [-0.3, -0.25) is 18.6 Å². The zero-order valence-corrected chi connectivity index (χ0v) is 36.6. The van der Waals surface area contributed by atoms with Gasteiger partial charge < -0.3 is 18.9 Å². The molecule has 0 amide bonds. The second-order valence-electron chi connectivity index (χ2n) is 16.1. The minimum absolute atomic E-state index is 0.0279. The first-order valence-corrected chi connectivity index (χ1v) is 23.6. The number of rotatable bonds is 40. The zero-order valence-electron chi connectivity index (χ0n) is 35.7. The second kappa shape index (κ2) is 37.1. The Hall–Kier alpha value is -1.51. The van der Waals surface area contributed by atoms with Crippen molar-refractivity contribution < 1.29 is 42.1 Å². The lowest BCUT2D eigenvalue weighted by Gasteiger charge is -2.24. The van der Waals surface area contributed by atoms with Gasteiger partial charge in [0.05, 0.1) is 27.7 Å². The standard InChI is InChI=1S/C44H84NO8P/c1-6-8-10-12-14-16-18-20-22-24-26-28-30-32-34-36-43(46)50-40-42(41-52-54(48,49)51-39-38-45(3,4)5)53-44(47)37-35-33-31-29-27-25-23-21-19-17-15-13-11-9-7-2/h24-27,42H,6-23,28-41H2,1-5H3/p+1/b26-24-,27-25-/t42-/m1/s1. The summed E-state index contributed by atoms with van der Waals surface area (Å²) in [5, 5.41) is 0. The monoisotopic (exact) mass is 787 g/mol. The molecule has 10 heteroatoms. The van der Waals surface area contributed by atoms with Gasteiger partial charge in [0.1, 0.15) is 19.8 Å². The predicted octanol–water partition coefficient (Wildman–Crippen LogP) is 12.4. The number of carbonyl (C=O) groups is 2. The summed E-state index contributed by atoms with van der Waals surface area (Å²) in [6.07, 6.45) is 39.4. The van der Waals surface area contributed by atoms with Crippen LogP contribution in [0.4, 0.5) is 0 Å². The highest BCUT2D eigenvalue weighted by Gasteiger charge is 2.27. The van der Waals surface area contributed by atoms with Crippen LogP contribution in [0.1, 0.15) is 194 Å². The Morgan fingerprint density at radius 3 is 1.37 bits per heavy atom. The van der Waals surface area contributed by atoms with Crippen LogP contribution in [0.5, 0.6) is 0 Å². The molecule has 0 heterocycles. The normalized spacial score (nSPS) is 13.8. The Morgan fingerprint density at radius 2 is 0.944 bits per heavy atom. The van der Waals surface area contributed by atoms with Crippen LogP contribution in [0.25, 0.3) is 0 Å². The van der Waals surface area contributed by atoms with E-state index < -0.39 is 26.5 Å². The molecule has 0 aromatic heterocycles. The van der Waals surface area contributed by atoms with E-state index in [1.54, 1.807) is 0 Å². The third kappa shape index (κ3) is 40.2. The average molecular weight is 787 g/mol. The van der Waals surface area contributed by atoms with Crippen molar-refractivity contribution in [2.75, 3.05) is 47.5 Å². The number of unbranched alkanes of at least 4 members (excludes halogenated alkanes) is 22. The number of esters is 2. The van der Waals surface area contributed by atoms with E-state index in [4.69, 9.17) is 18.5 Å². The number of hydrogen-bond donors (Lipinski definition) is 1. The van der Waals surface area contributed by atoms with Gasteiger partial charge in [-0.1, -0.05) is 141 Å². The maximum Gasteiger partial charge on any atom is 0.472 e. The third-order valence-electron chi connectivity index (χ3n) is 9.45. The zero-order chi connectivity index (χ0) is 40.0. The minimum Gasteiger partial charge on any atom is -0.462 e. The van der Waals surface area contributed by atoms with Crippen molar-refractivity contribution in [1.29, 1.82) is 0 Å². The van der Waals surface area contributed by atoms with Crippen molar-refractivity contribution in [2.45, 2.75) is 200 Å². The smallest absolute Gasteiger partial charge is 0.462 e. The number of nitrogens with zero attached hydrogens (tertiary/aromatic N) is 1. The van der Waals surface area contributed by atoms with Gasteiger partial charge in [-0.15, -0.1) is 0 Å². The Labute approximate surface area is 332 Å². The predicted molar refractivity (Wildman–Crippen MR) is 224 cm³/mol. The molecule has 0 radical (unpaired) electrons. The summed E-state index contributed by atoms with van der Waals surface area (Å²) in [6, 6.07) is 0. The van der Waals surface area contributed by atoms with Crippen LogP contribution in [0.2, 0.25) is 0 Å². The number of hydrogen-bond acceptors (Lipinski definition) is 7. The summed E-state index contributed by atoms with van der Waals surface area (Å²) in [5.74, 6) is -0.831. The summed E-state index contributed by atoms with van der Waals surface area (Å²) < 4.78 is 34.3. The molecule has 0 saturated carbocycles. The van der Waals surface area contributed by atoms with E-state index >= 15 is 0 Å². The lowest BCUT2D eigenvalue weighted by atomic mass is 10.1. The van der Waals surface area contributed by atoms with Gasteiger partial charge in [-0.2, -0.15) is 0 Å². The highest BCUT2D eigenvalue weighted by molar-refractivity contribution is 7.47. The summed E-state index contributed by atoms with van der Waals surface area (Å²) in [7, 11) is 1.46. The lowest BCUT2D eigenvalue weighted by Crippen LogP contribution is -2.37. The highest BCUT2D eigenvalue weighted by Crippen LogP contribution is 2.43. The van der Waals surface area contributed by atoms with Crippen molar-refractivity contribution in [1.82, 2.24) is 0 Å². The molecule has 0 fully saturated rings. The molecule has 0 aliphatic heterocycles. The number of allylic oxidation sites excluding steroid dienone is 4. The van der Waals surface area contributed by atoms with E-state index in [0.717, 1.165) is 51.4 Å². The largest absolute Gasteiger partial charge is 0.472 e. The van der Waals surface area contributed by atoms with Crippen LogP contribution in [0.3, 0.4) is 0 Å². The molecule has 2 atom stereocenters. The molecule has 0 aromatic carbocycles. The fourth-order valence-electron chi connectivity index (χ4n) is 5.94. The summed E-state index contributed by atoms with van der Waals surface area (Å²) in [4.78, 5) is 35.3. The lowest BCUT2D eigenvalue weighted by molar-refractivity contribution is -0.870. The number of phosphoric acid groups is 1. The van der Waals surface area contributed by atoms with E-state index in [1.165, 1.54) is 103 Å². The van der Waals surface area contributed by atoms with Crippen LogP contribution in [-0.2, 0) is 32.7 Å². The molecule has 0 aliphatic carbocycles. The van der Waals surface area contributed by atoms with E-state index in [2.05, 4.69) is 38.2 Å². The van der Waals surface area contributed by atoms with E-state index in [-0.39, 0.29) is 32.0 Å². The summed E-state index contributed by atoms with van der Waals surface area (Å²) in [6.45, 7) is 4.39. The Morgan fingerprint density at radius 1 is 0.556 bits per heavy atom. The van der Waals surface area contributed by atoms with Gasteiger partial charge in [0.15, 0.2) is 6.10 Å². The van der Waals surface area contributed by atoms with Crippen LogP contribution < -0.4 is 0 Å².